The molecule has 0 bridgehead atoms. The van der Waals surface area contributed by atoms with Gasteiger partial charge in [0.05, 0.1) is 11.7 Å². The average Bonchev–Trinajstić information content (AvgIpc) is 2.72. The molecule has 3 aromatic rings. The van der Waals surface area contributed by atoms with Gasteiger partial charge in [0.15, 0.2) is 0 Å². The molecule has 2 aromatic carbocycles. The van der Waals surface area contributed by atoms with E-state index in [4.69, 9.17) is 9.15 Å². The Balaban J connectivity index is 1.49. The summed E-state index contributed by atoms with van der Waals surface area (Å²) in [6.07, 6.45) is -0.0161. The van der Waals surface area contributed by atoms with Crippen LogP contribution in [-0.2, 0) is 6.54 Å². The zero-order valence-electron chi connectivity index (χ0n) is 17.6. The summed E-state index contributed by atoms with van der Waals surface area (Å²) in [6, 6.07) is 13.0. The summed E-state index contributed by atoms with van der Waals surface area (Å²) in [7, 11) is 0. The lowest BCUT2D eigenvalue weighted by molar-refractivity contribution is 0.0629. The Labute approximate surface area is 179 Å². The normalized spacial score (nSPS) is 14.9. The maximum absolute atomic E-state index is 13.4. The van der Waals surface area contributed by atoms with E-state index in [9.17, 15) is 14.0 Å². The van der Waals surface area contributed by atoms with Crippen LogP contribution in [0.3, 0.4) is 0 Å². The van der Waals surface area contributed by atoms with Crippen molar-refractivity contribution in [1.82, 2.24) is 9.80 Å². The highest BCUT2D eigenvalue weighted by molar-refractivity contribution is 6.05. The van der Waals surface area contributed by atoms with Crippen LogP contribution < -0.4 is 10.4 Å². The molecule has 4 rings (SSSR count). The highest BCUT2D eigenvalue weighted by atomic mass is 19.1. The molecule has 0 unspecified atom stereocenters. The van der Waals surface area contributed by atoms with E-state index < -0.39 is 5.63 Å². The first-order valence-corrected chi connectivity index (χ1v) is 10.4. The fraction of sp³-hybridized carbons (Fsp3) is 0.333. The number of amides is 1. The molecule has 1 aromatic heterocycles. The quantitative estimate of drug-likeness (QED) is 0.585. The minimum Gasteiger partial charge on any atom is -0.491 e. The van der Waals surface area contributed by atoms with Crippen molar-refractivity contribution in [1.29, 1.82) is 0 Å². The third kappa shape index (κ3) is 4.94. The van der Waals surface area contributed by atoms with Gasteiger partial charge in [-0.05, 0) is 43.7 Å². The Morgan fingerprint density at radius 1 is 1.10 bits per heavy atom. The predicted octanol–water partition coefficient (Wildman–Crippen LogP) is 3.68. The number of ether oxygens (including phenoxy) is 1. The number of piperazine rings is 1. The Morgan fingerprint density at radius 2 is 1.87 bits per heavy atom. The topological polar surface area (TPSA) is 63.0 Å². The van der Waals surface area contributed by atoms with Crippen LogP contribution in [0.25, 0.3) is 11.0 Å². The predicted molar refractivity (Wildman–Crippen MR) is 116 cm³/mol. The molecule has 1 aliphatic rings. The molecule has 0 atom stereocenters. The summed E-state index contributed by atoms with van der Waals surface area (Å²) < 4.78 is 24.4. The molecule has 7 heteroatoms. The largest absolute Gasteiger partial charge is 0.491 e. The molecule has 31 heavy (non-hydrogen) atoms. The van der Waals surface area contributed by atoms with Crippen molar-refractivity contribution < 1.29 is 18.3 Å². The van der Waals surface area contributed by atoms with Crippen molar-refractivity contribution in [3.63, 3.8) is 0 Å². The van der Waals surface area contributed by atoms with Crippen LogP contribution in [0.15, 0.2) is 57.7 Å². The number of rotatable bonds is 5. The SMILES string of the molecule is CC(C)Oc1ccc2c(C(=O)N3CCN(Cc4cccc(F)c4)CC3)cc(=O)oc2c1. The highest BCUT2D eigenvalue weighted by Gasteiger charge is 2.24. The van der Waals surface area contributed by atoms with Crippen LogP contribution in [0, 0.1) is 5.82 Å². The van der Waals surface area contributed by atoms with E-state index in [1.807, 2.05) is 19.9 Å². The molecule has 1 fully saturated rings. The van der Waals surface area contributed by atoms with Crippen molar-refractivity contribution in [3.05, 3.63) is 75.9 Å². The Morgan fingerprint density at radius 3 is 2.58 bits per heavy atom. The van der Waals surface area contributed by atoms with E-state index in [1.165, 1.54) is 18.2 Å². The second-order valence-electron chi connectivity index (χ2n) is 8.00. The summed E-state index contributed by atoms with van der Waals surface area (Å²) >= 11 is 0. The van der Waals surface area contributed by atoms with Crippen molar-refractivity contribution in [2.45, 2.75) is 26.5 Å². The van der Waals surface area contributed by atoms with E-state index in [2.05, 4.69) is 4.90 Å². The van der Waals surface area contributed by atoms with Gasteiger partial charge < -0.3 is 14.1 Å². The maximum atomic E-state index is 13.4. The van der Waals surface area contributed by atoms with Gasteiger partial charge in [-0.2, -0.15) is 0 Å². The number of halogens is 1. The molecule has 0 radical (unpaired) electrons. The number of carbonyl (C=O) groups excluding carboxylic acids is 1. The van der Waals surface area contributed by atoms with Gasteiger partial charge in [0.1, 0.15) is 17.1 Å². The van der Waals surface area contributed by atoms with Crippen LogP contribution in [-0.4, -0.2) is 48.0 Å². The summed E-state index contributed by atoms with van der Waals surface area (Å²) in [4.78, 5) is 29.2. The first kappa shape index (κ1) is 21.1. The summed E-state index contributed by atoms with van der Waals surface area (Å²) in [5.41, 5.74) is 1.01. The molecule has 1 saturated heterocycles. The molecule has 0 N–H and O–H groups in total. The highest BCUT2D eigenvalue weighted by Crippen LogP contribution is 2.25. The van der Waals surface area contributed by atoms with Crippen LogP contribution in [0.2, 0.25) is 0 Å². The van der Waals surface area contributed by atoms with Gasteiger partial charge in [0.25, 0.3) is 5.91 Å². The van der Waals surface area contributed by atoms with E-state index in [0.29, 0.717) is 55.0 Å². The molecule has 0 aliphatic carbocycles. The molecular weight excluding hydrogens is 399 g/mol. The standard InChI is InChI=1S/C24H25FN2O4/c1-16(2)30-19-6-7-20-21(14-23(28)31-22(20)13-19)24(29)27-10-8-26(9-11-27)15-17-4-3-5-18(25)12-17/h3-7,12-14,16H,8-11,15H2,1-2H3. The average molecular weight is 424 g/mol. The van der Waals surface area contributed by atoms with E-state index in [1.54, 1.807) is 29.2 Å². The molecule has 6 nitrogen and oxygen atoms in total. The minimum atomic E-state index is -0.567. The Kier molecular flexibility index (Phi) is 6.04. The van der Waals surface area contributed by atoms with Crippen molar-refractivity contribution >= 4 is 16.9 Å². The van der Waals surface area contributed by atoms with Crippen LogP contribution in [0.1, 0.15) is 29.8 Å². The third-order valence-corrected chi connectivity index (χ3v) is 5.27. The van der Waals surface area contributed by atoms with Crippen molar-refractivity contribution in [2.24, 2.45) is 0 Å². The fourth-order valence-corrected chi connectivity index (χ4v) is 3.84. The zero-order valence-corrected chi connectivity index (χ0v) is 17.6. The summed E-state index contributed by atoms with van der Waals surface area (Å²) in [5.74, 6) is 0.144. The van der Waals surface area contributed by atoms with Crippen LogP contribution in [0.5, 0.6) is 5.75 Å². The number of benzene rings is 2. The number of hydrogen-bond donors (Lipinski definition) is 0. The van der Waals surface area contributed by atoms with Gasteiger partial charge in [-0.15, -0.1) is 0 Å². The van der Waals surface area contributed by atoms with Crippen LogP contribution >= 0.6 is 0 Å². The van der Waals surface area contributed by atoms with Gasteiger partial charge in [0, 0.05) is 50.2 Å². The van der Waals surface area contributed by atoms with Gasteiger partial charge >= 0.3 is 5.63 Å². The van der Waals surface area contributed by atoms with Crippen molar-refractivity contribution in [2.75, 3.05) is 26.2 Å². The number of fused-ring (bicyclic) bond motifs is 1. The fourth-order valence-electron chi connectivity index (χ4n) is 3.84. The van der Waals surface area contributed by atoms with Gasteiger partial charge in [0.2, 0.25) is 0 Å². The molecule has 0 saturated carbocycles. The molecule has 1 aliphatic heterocycles. The second-order valence-corrected chi connectivity index (χ2v) is 8.00. The first-order valence-electron chi connectivity index (χ1n) is 10.4. The first-order chi connectivity index (χ1) is 14.9. The molecule has 0 spiro atoms. The monoisotopic (exact) mass is 424 g/mol. The minimum absolute atomic E-state index is 0.0161. The molecule has 1 amide bonds. The van der Waals surface area contributed by atoms with Gasteiger partial charge in [-0.3, -0.25) is 9.69 Å². The molecule has 2 heterocycles. The number of hydrogen-bond acceptors (Lipinski definition) is 5. The van der Waals surface area contributed by atoms with Gasteiger partial charge in [-0.25, -0.2) is 9.18 Å². The lowest BCUT2D eigenvalue weighted by Gasteiger charge is -2.35. The third-order valence-electron chi connectivity index (χ3n) is 5.27. The lowest BCUT2D eigenvalue weighted by Crippen LogP contribution is -2.48. The smallest absolute Gasteiger partial charge is 0.337 e. The number of carbonyl (C=O) groups is 1. The Hall–Kier alpha value is -3.19. The summed E-state index contributed by atoms with van der Waals surface area (Å²) in [5, 5.41) is 0.586. The van der Waals surface area contributed by atoms with Gasteiger partial charge in [-0.1, -0.05) is 12.1 Å². The maximum Gasteiger partial charge on any atom is 0.337 e. The summed E-state index contributed by atoms with van der Waals surface area (Å²) in [6.45, 7) is 6.87. The second kappa shape index (κ2) is 8.89. The molecular formula is C24H25FN2O4. The van der Waals surface area contributed by atoms with E-state index >= 15 is 0 Å². The molecule has 162 valence electrons. The Bertz CT molecular complexity index is 1150. The van der Waals surface area contributed by atoms with Crippen molar-refractivity contribution in [3.8, 4) is 5.75 Å². The zero-order chi connectivity index (χ0) is 22.0. The lowest BCUT2D eigenvalue weighted by atomic mass is 10.1. The van der Waals surface area contributed by atoms with Crippen LogP contribution in [0.4, 0.5) is 4.39 Å². The van der Waals surface area contributed by atoms with E-state index in [0.717, 1.165) is 5.56 Å². The van der Waals surface area contributed by atoms with E-state index in [-0.39, 0.29) is 17.8 Å². The number of nitrogens with zero attached hydrogens (tertiary/aromatic N) is 2.